The highest BCUT2D eigenvalue weighted by molar-refractivity contribution is 5.83. The second kappa shape index (κ2) is 7.79. The molecule has 3 aromatic rings. The second-order valence-electron chi connectivity index (χ2n) is 6.63. The zero-order chi connectivity index (χ0) is 19.5. The summed E-state index contributed by atoms with van der Waals surface area (Å²) in [6.07, 6.45) is 3.47. The summed E-state index contributed by atoms with van der Waals surface area (Å²) in [4.78, 5) is 24.0. The average molecular weight is 384 g/mol. The first kappa shape index (κ1) is 18.1. The number of benzene rings is 1. The Labute approximate surface area is 160 Å². The van der Waals surface area contributed by atoms with E-state index >= 15 is 0 Å². The van der Waals surface area contributed by atoms with Crippen molar-refractivity contribution in [3.8, 4) is 5.75 Å². The zero-order valence-corrected chi connectivity index (χ0v) is 15.5. The molecule has 0 unspecified atom stereocenters. The van der Waals surface area contributed by atoms with Gasteiger partial charge in [-0.15, -0.1) is 5.10 Å². The number of hydrogen-bond donors (Lipinski definition) is 0. The summed E-state index contributed by atoms with van der Waals surface area (Å²) in [7, 11) is 0. The van der Waals surface area contributed by atoms with Gasteiger partial charge < -0.3 is 13.9 Å². The van der Waals surface area contributed by atoms with Gasteiger partial charge in [0.05, 0.1) is 0 Å². The third-order valence-electron chi connectivity index (χ3n) is 4.71. The summed E-state index contributed by atoms with van der Waals surface area (Å²) >= 11 is 0. The summed E-state index contributed by atoms with van der Waals surface area (Å²) < 4.78 is 17.7. The lowest BCUT2D eigenvalue weighted by Crippen LogP contribution is -2.16. The van der Waals surface area contributed by atoms with Gasteiger partial charge in [-0.25, -0.2) is 14.3 Å². The molecule has 1 aliphatic carbocycles. The van der Waals surface area contributed by atoms with E-state index in [1.54, 1.807) is 16.8 Å². The Morgan fingerprint density at radius 2 is 2.14 bits per heavy atom. The fourth-order valence-corrected chi connectivity index (χ4v) is 3.39. The van der Waals surface area contributed by atoms with Crippen LogP contribution in [-0.2, 0) is 35.5 Å². The summed E-state index contributed by atoms with van der Waals surface area (Å²) in [6.45, 7) is 2.37. The molecule has 9 heteroatoms. The van der Waals surface area contributed by atoms with E-state index in [-0.39, 0.29) is 18.8 Å². The molecule has 4 rings (SSSR count). The monoisotopic (exact) mass is 384 g/mol. The van der Waals surface area contributed by atoms with Gasteiger partial charge in [0.25, 0.3) is 0 Å². The Hall–Kier alpha value is -3.23. The van der Waals surface area contributed by atoms with Crippen molar-refractivity contribution in [2.45, 2.75) is 45.8 Å². The SMILES string of the molecule is CCCn1nnnc1COC(=O)COc1ccc2c3c(c(=O)oc2c1)CCC3. The largest absolute Gasteiger partial charge is 0.482 e. The topological polar surface area (TPSA) is 109 Å². The summed E-state index contributed by atoms with van der Waals surface area (Å²) in [5, 5.41) is 12.2. The first-order valence-electron chi connectivity index (χ1n) is 9.27. The summed E-state index contributed by atoms with van der Waals surface area (Å²) in [6, 6.07) is 5.25. The van der Waals surface area contributed by atoms with Crippen molar-refractivity contribution >= 4 is 16.9 Å². The molecule has 0 saturated carbocycles. The van der Waals surface area contributed by atoms with Crippen molar-refractivity contribution in [2.75, 3.05) is 6.61 Å². The van der Waals surface area contributed by atoms with Gasteiger partial charge in [0.15, 0.2) is 19.0 Å². The van der Waals surface area contributed by atoms with Crippen LogP contribution >= 0.6 is 0 Å². The molecule has 0 saturated heterocycles. The zero-order valence-electron chi connectivity index (χ0n) is 15.5. The maximum atomic E-state index is 12.1. The number of rotatable bonds is 7. The van der Waals surface area contributed by atoms with Crippen LogP contribution in [0, 0.1) is 0 Å². The minimum absolute atomic E-state index is 0.0199. The van der Waals surface area contributed by atoms with Gasteiger partial charge in [-0.2, -0.15) is 0 Å². The first-order valence-corrected chi connectivity index (χ1v) is 9.27. The van der Waals surface area contributed by atoms with Gasteiger partial charge in [0.1, 0.15) is 11.3 Å². The summed E-state index contributed by atoms with van der Waals surface area (Å²) in [5.74, 6) is 0.374. The predicted octanol–water partition coefficient (Wildman–Crippen LogP) is 1.80. The lowest BCUT2D eigenvalue weighted by molar-refractivity contribution is -0.147. The molecular weight excluding hydrogens is 364 g/mol. The van der Waals surface area contributed by atoms with Crippen molar-refractivity contribution in [3.05, 3.63) is 45.6 Å². The van der Waals surface area contributed by atoms with Crippen LogP contribution in [0.25, 0.3) is 11.0 Å². The second-order valence-corrected chi connectivity index (χ2v) is 6.63. The Morgan fingerprint density at radius 1 is 1.29 bits per heavy atom. The van der Waals surface area contributed by atoms with Gasteiger partial charge in [-0.1, -0.05) is 6.92 Å². The highest BCUT2D eigenvalue weighted by Crippen LogP contribution is 2.29. The molecule has 0 radical (unpaired) electrons. The number of carbonyl (C=O) groups excluding carboxylic acids is 1. The van der Waals surface area contributed by atoms with Crippen LogP contribution in [-0.4, -0.2) is 32.8 Å². The third kappa shape index (κ3) is 3.60. The fraction of sp³-hybridized carbons (Fsp3) is 0.421. The maximum Gasteiger partial charge on any atom is 0.344 e. The van der Waals surface area contributed by atoms with Crippen molar-refractivity contribution in [1.82, 2.24) is 20.2 Å². The van der Waals surface area contributed by atoms with Crippen LogP contribution in [0.2, 0.25) is 0 Å². The highest BCUT2D eigenvalue weighted by atomic mass is 16.6. The minimum atomic E-state index is -0.540. The molecule has 28 heavy (non-hydrogen) atoms. The molecule has 0 spiro atoms. The maximum absolute atomic E-state index is 12.1. The van der Waals surface area contributed by atoms with E-state index in [2.05, 4.69) is 15.5 Å². The molecule has 2 heterocycles. The van der Waals surface area contributed by atoms with E-state index in [0.717, 1.165) is 42.2 Å². The molecular formula is C19H20N4O5. The third-order valence-corrected chi connectivity index (χ3v) is 4.71. The standard InChI is InChI=1S/C19H20N4O5/c1-2-8-23-17(20-21-22-23)10-27-18(24)11-26-12-6-7-14-13-4-3-5-15(13)19(25)28-16(14)9-12/h6-7,9H,2-5,8,10-11H2,1H3. The Bertz CT molecular complexity index is 1070. The van der Waals surface area contributed by atoms with Crippen molar-refractivity contribution in [3.63, 3.8) is 0 Å². The minimum Gasteiger partial charge on any atom is -0.482 e. The Balaban J connectivity index is 1.38. The average Bonchev–Trinajstić information content (AvgIpc) is 3.35. The first-order chi connectivity index (χ1) is 13.7. The van der Waals surface area contributed by atoms with E-state index in [4.69, 9.17) is 13.9 Å². The van der Waals surface area contributed by atoms with Gasteiger partial charge >= 0.3 is 11.6 Å². The van der Waals surface area contributed by atoms with E-state index in [1.807, 2.05) is 13.0 Å². The molecule has 0 atom stereocenters. The lowest BCUT2D eigenvalue weighted by Gasteiger charge is -2.09. The number of aryl methyl sites for hydroxylation is 2. The van der Waals surface area contributed by atoms with Crippen LogP contribution in [0.3, 0.4) is 0 Å². The van der Waals surface area contributed by atoms with E-state index in [9.17, 15) is 9.59 Å². The fourth-order valence-electron chi connectivity index (χ4n) is 3.39. The van der Waals surface area contributed by atoms with Crippen molar-refractivity contribution < 1.29 is 18.7 Å². The molecule has 0 fully saturated rings. The van der Waals surface area contributed by atoms with Crippen LogP contribution in [0.15, 0.2) is 27.4 Å². The number of ether oxygens (including phenoxy) is 2. The Kier molecular flexibility index (Phi) is 5.05. The van der Waals surface area contributed by atoms with E-state index in [1.165, 1.54) is 0 Å². The molecule has 2 aromatic heterocycles. The lowest BCUT2D eigenvalue weighted by atomic mass is 10.1. The van der Waals surface area contributed by atoms with Crippen LogP contribution < -0.4 is 10.4 Å². The molecule has 0 N–H and O–H groups in total. The Morgan fingerprint density at radius 3 is 3.00 bits per heavy atom. The predicted molar refractivity (Wildman–Crippen MR) is 97.9 cm³/mol. The van der Waals surface area contributed by atoms with E-state index in [0.29, 0.717) is 23.7 Å². The van der Waals surface area contributed by atoms with Gasteiger partial charge in [0, 0.05) is 23.6 Å². The molecule has 1 aliphatic rings. The normalized spacial score (nSPS) is 12.9. The molecule has 1 aromatic carbocycles. The molecule has 9 nitrogen and oxygen atoms in total. The van der Waals surface area contributed by atoms with Crippen LogP contribution in [0.5, 0.6) is 5.75 Å². The number of esters is 1. The van der Waals surface area contributed by atoms with Gasteiger partial charge in [-0.05, 0) is 53.8 Å². The van der Waals surface area contributed by atoms with Crippen molar-refractivity contribution in [1.29, 1.82) is 0 Å². The number of hydrogen-bond acceptors (Lipinski definition) is 8. The number of tetrazole rings is 1. The van der Waals surface area contributed by atoms with Crippen molar-refractivity contribution in [2.24, 2.45) is 0 Å². The number of carbonyl (C=O) groups is 1. The highest BCUT2D eigenvalue weighted by Gasteiger charge is 2.19. The summed E-state index contributed by atoms with van der Waals surface area (Å²) in [5.41, 5.74) is 2.01. The van der Waals surface area contributed by atoms with Gasteiger partial charge in [-0.3, -0.25) is 0 Å². The number of aromatic nitrogens is 4. The van der Waals surface area contributed by atoms with Gasteiger partial charge in [0.2, 0.25) is 0 Å². The van der Waals surface area contributed by atoms with E-state index < -0.39 is 5.97 Å². The van der Waals surface area contributed by atoms with Crippen LogP contribution in [0.1, 0.15) is 36.7 Å². The van der Waals surface area contributed by atoms with Crippen LogP contribution in [0.4, 0.5) is 0 Å². The molecule has 0 aliphatic heterocycles. The number of fused-ring (bicyclic) bond motifs is 3. The number of nitrogens with zero attached hydrogens (tertiary/aromatic N) is 4. The molecule has 146 valence electrons. The quantitative estimate of drug-likeness (QED) is 0.448. The molecule has 0 bridgehead atoms. The molecule has 0 amide bonds. The smallest absolute Gasteiger partial charge is 0.344 e.